The molecule has 24 heavy (non-hydrogen) atoms. The van der Waals surface area contributed by atoms with Crippen molar-refractivity contribution >= 4 is 11.5 Å². The Balaban J connectivity index is 2.19. The molecule has 0 saturated carbocycles. The minimum Gasteiger partial charge on any atom is -0.357 e. The SMILES string of the molecule is CCCCN(CC)c1cc(C)nc2c(-c3ccccc3)c(C)nn12. The third kappa shape index (κ3) is 3.01. The van der Waals surface area contributed by atoms with E-state index in [0.717, 1.165) is 41.5 Å². The summed E-state index contributed by atoms with van der Waals surface area (Å²) >= 11 is 0. The first kappa shape index (κ1) is 16.5. The minimum atomic E-state index is 0.948. The number of aromatic nitrogens is 3. The van der Waals surface area contributed by atoms with E-state index in [2.05, 4.69) is 62.9 Å². The fourth-order valence-electron chi connectivity index (χ4n) is 3.18. The Bertz CT molecular complexity index is 821. The molecule has 0 bridgehead atoms. The Morgan fingerprint density at radius 2 is 1.83 bits per heavy atom. The molecule has 0 atom stereocenters. The summed E-state index contributed by atoms with van der Waals surface area (Å²) < 4.78 is 2.02. The number of nitrogens with zero attached hydrogens (tertiary/aromatic N) is 4. The number of hydrogen-bond donors (Lipinski definition) is 0. The summed E-state index contributed by atoms with van der Waals surface area (Å²) in [7, 11) is 0. The standard InChI is InChI=1S/C20H26N4/c1-5-7-13-23(6-2)18-14-15(3)21-20-19(16(4)22-24(18)20)17-11-9-8-10-12-17/h8-12,14H,5-7,13H2,1-4H3. The highest BCUT2D eigenvalue weighted by molar-refractivity contribution is 5.81. The fourth-order valence-corrected chi connectivity index (χ4v) is 3.18. The van der Waals surface area contributed by atoms with Crippen molar-refractivity contribution in [2.45, 2.75) is 40.5 Å². The van der Waals surface area contributed by atoms with E-state index in [4.69, 9.17) is 10.1 Å². The lowest BCUT2D eigenvalue weighted by molar-refractivity contribution is 0.707. The molecule has 0 aliphatic rings. The van der Waals surface area contributed by atoms with Crippen LogP contribution < -0.4 is 4.90 Å². The van der Waals surface area contributed by atoms with Gasteiger partial charge in [0.25, 0.3) is 0 Å². The molecule has 1 aromatic carbocycles. The van der Waals surface area contributed by atoms with Crippen LogP contribution in [0.4, 0.5) is 5.82 Å². The van der Waals surface area contributed by atoms with E-state index in [1.165, 1.54) is 18.4 Å². The van der Waals surface area contributed by atoms with Crippen molar-refractivity contribution in [3.8, 4) is 11.1 Å². The van der Waals surface area contributed by atoms with E-state index >= 15 is 0 Å². The van der Waals surface area contributed by atoms with Gasteiger partial charge in [-0.1, -0.05) is 43.7 Å². The molecule has 0 fully saturated rings. The number of anilines is 1. The maximum Gasteiger partial charge on any atom is 0.165 e. The highest BCUT2D eigenvalue weighted by Crippen LogP contribution is 2.30. The summed E-state index contributed by atoms with van der Waals surface area (Å²) in [5.41, 5.74) is 5.30. The lowest BCUT2D eigenvalue weighted by atomic mass is 10.1. The number of aryl methyl sites for hydroxylation is 2. The largest absolute Gasteiger partial charge is 0.357 e. The number of rotatable bonds is 6. The average Bonchev–Trinajstić information content (AvgIpc) is 2.92. The summed E-state index contributed by atoms with van der Waals surface area (Å²) in [6.45, 7) is 10.6. The first-order valence-electron chi connectivity index (χ1n) is 8.83. The molecule has 0 aliphatic heterocycles. The van der Waals surface area contributed by atoms with Gasteiger partial charge in [-0.05, 0) is 32.8 Å². The number of unbranched alkanes of at least 4 members (excludes halogenated alkanes) is 1. The second-order valence-corrected chi connectivity index (χ2v) is 6.25. The van der Waals surface area contributed by atoms with Gasteiger partial charge in [0, 0.05) is 30.4 Å². The van der Waals surface area contributed by atoms with Gasteiger partial charge < -0.3 is 4.90 Å². The monoisotopic (exact) mass is 322 g/mol. The number of fused-ring (bicyclic) bond motifs is 1. The van der Waals surface area contributed by atoms with Gasteiger partial charge in [-0.2, -0.15) is 9.61 Å². The molecule has 126 valence electrons. The molecule has 0 unspecified atom stereocenters. The molecule has 4 nitrogen and oxygen atoms in total. The van der Waals surface area contributed by atoms with Crippen LogP contribution in [0.15, 0.2) is 36.4 Å². The quantitative estimate of drug-likeness (QED) is 0.663. The molecular formula is C20H26N4. The molecule has 0 amide bonds. The van der Waals surface area contributed by atoms with E-state index in [0.29, 0.717) is 0 Å². The van der Waals surface area contributed by atoms with Crippen LogP contribution in [-0.4, -0.2) is 27.7 Å². The van der Waals surface area contributed by atoms with E-state index in [1.807, 2.05) is 10.6 Å². The van der Waals surface area contributed by atoms with Crippen LogP contribution in [0.25, 0.3) is 16.8 Å². The Kier molecular flexibility index (Phi) is 4.84. The Morgan fingerprint density at radius 3 is 2.50 bits per heavy atom. The van der Waals surface area contributed by atoms with Gasteiger partial charge in [0.15, 0.2) is 5.65 Å². The molecule has 0 saturated heterocycles. The van der Waals surface area contributed by atoms with Crippen molar-refractivity contribution in [3.05, 3.63) is 47.8 Å². The molecular weight excluding hydrogens is 296 g/mol. The van der Waals surface area contributed by atoms with Crippen LogP contribution >= 0.6 is 0 Å². The number of hydrogen-bond acceptors (Lipinski definition) is 3. The lowest BCUT2D eigenvalue weighted by Gasteiger charge is -2.23. The topological polar surface area (TPSA) is 33.4 Å². The third-order valence-corrected chi connectivity index (χ3v) is 4.42. The van der Waals surface area contributed by atoms with Crippen LogP contribution in [-0.2, 0) is 0 Å². The Hall–Kier alpha value is -2.36. The highest BCUT2D eigenvalue weighted by atomic mass is 15.3. The van der Waals surface area contributed by atoms with Gasteiger partial charge in [0.2, 0.25) is 0 Å². The first-order chi connectivity index (χ1) is 11.7. The van der Waals surface area contributed by atoms with Gasteiger partial charge in [0.1, 0.15) is 5.82 Å². The number of benzene rings is 1. The van der Waals surface area contributed by atoms with Gasteiger partial charge in [-0.3, -0.25) is 0 Å². The van der Waals surface area contributed by atoms with Crippen molar-refractivity contribution in [1.82, 2.24) is 14.6 Å². The zero-order chi connectivity index (χ0) is 17.1. The van der Waals surface area contributed by atoms with Crippen molar-refractivity contribution in [1.29, 1.82) is 0 Å². The normalized spacial score (nSPS) is 11.2. The maximum atomic E-state index is 4.82. The van der Waals surface area contributed by atoms with Gasteiger partial charge in [-0.25, -0.2) is 4.98 Å². The van der Waals surface area contributed by atoms with Crippen molar-refractivity contribution in [3.63, 3.8) is 0 Å². The molecule has 0 spiro atoms. The van der Waals surface area contributed by atoms with E-state index in [1.54, 1.807) is 0 Å². The second-order valence-electron chi connectivity index (χ2n) is 6.25. The summed E-state index contributed by atoms with van der Waals surface area (Å²) in [4.78, 5) is 7.20. The zero-order valence-electron chi connectivity index (χ0n) is 15.1. The first-order valence-corrected chi connectivity index (χ1v) is 8.83. The molecule has 0 aliphatic carbocycles. The maximum absolute atomic E-state index is 4.82. The van der Waals surface area contributed by atoms with Crippen LogP contribution in [0.2, 0.25) is 0 Å². The van der Waals surface area contributed by atoms with Crippen LogP contribution in [0.1, 0.15) is 38.1 Å². The van der Waals surface area contributed by atoms with Crippen LogP contribution in [0, 0.1) is 13.8 Å². The summed E-state index contributed by atoms with van der Waals surface area (Å²) in [5, 5.41) is 4.82. The molecule has 3 rings (SSSR count). The highest BCUT2D eigenvalue weighted by Gasteiger charge is 2.18. The Labute approximate surface area is 144 Å². The van der Waals surface area contributed by atoms with Gasteiger partial charge in [0.05, 0.1) is 5.69 Å². The van der Waals surface area contributed by atoms with Crippen LogP contribution in [0.5, 0.6) is 0 Å². The van der Waals surface area contributed by atoms with Crippen LogP contribution in [0.3, 0.4) is 0 Å². The lowest BCUT2D eigenvalue weighted by Crippen LogP contribution is -2.26. The smallest absolute Gasteiger partial charge is 0.165 e. The predicted molar refractivity (Wildman–Crippen MR) is 101 cm³/mol. The molecule has 2 heterocycles. The van der Waals surface area contributed by atoms with E-state index in [9.17, 15) is 0 Å². The molecule has 0 radical (unpaired) electrons. The second kappa shape index (κ2) is 7.04. The predicted octanol–water partition coefficient (Wildman–Crippen LogP) is 4.64. The average molecular weight is 322 g/mol. The molecule has 2 aromatic heterocycles. The van der Waals surface area contributed by atoms with E-state index < -0.39 is 0 Å². The van der Waals surface area contributed by atoms with Crippen molar-refractivity contribution in [2.75, 3.05) is 18.0 Å². The van der Waals surface area contributed by atoms with Gasteiger partial charge >= 0.3 is 0 Å². The van der Waals surface area contributed by atoms with Crippen molar-refractivity contribution in [2.24, 2.45) is 0 Å². The van der Waals surface area contributed by atoms with Gasteiger partial charge in [-0.15, -0.1) is 0 Å². The summed E-state index contributed by atoms with van der Waals surface area (Å²) in [6, 6.07) is 12.6. The third-order valence-electron chi connectivity index (χ3n) is 4.42. The molecule has 4 heteroatoms. The Morgan fingerprint density at radius 1 is 1.08 bits per heavy atom. The zero-order valence-corrected chi connectivity index (χ0v) is 15.1. The summed E-state index contributed by atoms with van der Waals surface area (Å²) in [6.07, 6.45) is 2.37. The summed E-state index contributed by atoms with van der Waals surface area (Å²) in [5.74, 6) is 1.14. The molecule has 3 aromatic rings. The van der Waals surface area contributed by atoms with Crippen molar-refractivity contribution < 1.29 is 0 Å². The minimum absolute atomic E-state index is 0.948. The van der Waals surface area contributed by atoms with E-state index in [-0.39, 0.29) is 0 Å². The fraction of sp³-hybridized carbons (Fsp3) is 0.400. The molecule has 0 N–H and O–H groups in total.